The van der Waals surface area contributed by atoms with Crippen LogP contribution in [0.4, 0.5) is 0 Å². The summed E-state index contributed by atoms with van der Waals surface area (Å²) >= 11 is 0. The average Bonchev–Trinajstić information content (AvgIpc) is 2.42. The standard InChI is InChI=1S/C13H16N4/c1-10(11-6-3-4-7-15-11)12(14-2)13-16-8-5-9-17-13/h3-10,12,14H,1-2H3. The summed E-state index contributed by atoms with van der Waals surface area (Å²) in [5.74, 6) is 1.02. The Bertz CT molecular complexity index is 443. The lowest BCUT2D eigenvalue weighted by Crippen LogP contribution is -2.24. The largest absolute Gasteiger partial charge is 0.310 e. The first-order valence-electron chi connectivity index (χ1n) is 5.68. The third-order valence-corrected chi connectivity index (χ3v) is 2.83. The number of likely N-dealkylation sites (N-methyl/N-ethyl adjacent to an activating group) is 1. The van der Waals surface area contributed by atoms with Gasteiger partial charge in [0.15, 0.2) is 0 Å². The second-order valence-corrected chi connectivity index (χ2v) is 3.92. The lowest BCUT2D eigenvalue weighted by atomic mass is 9.97. The van der Waals surface area contributed by atoms with Gasteiger partial charge in [-0.15, -0.1) is 0 Å². The zero-order valence-electron chi connectivity index (χ0n) is 10.0. The van der Waals surface area contributed by atoms with Crippen molar-refractivity contribution in [1.82, 2.24) is 20.3 Å². The highest BCUT2D eigenvalue weighted by Crippen LogP contribution is 2.26. The minimum Gasteiger partial charge on any atom is -0.310 e. The first-order valence-corrected chi connectivity index (χ1v) is 5.68. The lowest BCUT2D eigenvalue weighted by molar-refractivity contribution is 0.474. The minimum absolute atomic E-state index is 0.0751. The molecule has 0 bridgehead atoms. The maximum absolute atomic E-state index is 4.38. The Kier molecular flexibility index (Phi) is 3.77. The van der Waals surface area contributed by atoms with E-state index in [2.05, 4.69) is 27.2 Å². The van der Waals surface area contributed by atoms with Crippen LogP contribution in [0.1, 0.15) is 30.4 Å². The summed E-state index contributed by atoms with van der Waals surface area (Å²) in [4.78, 5) is 13.0. The van der Waals surface area contributed by atoms with Crippen molar-refractivity contribution in [2.24, 2.45) is 0 Å². The molecular formula is C13H16N4. The monoisotopic (exact) mass is 228 g/mol. The second-order valence-electron chi connectivity index (χ2n) is 3.92. The molecule has 2 aromatic heterocycles. The SMILES string of the molecule is CNC(c1ncccn1)C(C)c1ccccn1. The molecule has 1 N–H and O–H groups in total. The van der Waals surface area contributed by atoms with Gasteiger partial charge in [-0.25, -0.2) is 9.97 Å². The molecular weight excluding hydrogens is 212 g/mol. The zero-order valence-corrected chi connectivity index (χ0v) is 10.0. The van der Waals surface area contributed by atoms with Gasteiger partial charge in [-0.3, -0.25) is 4.98 Å². The van der Waals surface area contributed by atoms with Gasteiger partial charge < -0.3 is 5.32 Å². The molecule has 2 aromatic rings. The molecule has 2 unspecified atom stereocenters. The minimum atomic E-state index is 0.0751. The summed E-state index contributed by atoms with van der Waals surface area (Å²) in [6, 6.07) is 7.84. The normalized spacial score (nSPS) is 14.2. The molecule has 0 aromatic carbocycles. The van der Waals surface area contributed by atoms with Crippen LogP contribution in [0.25, 0.3) is 0 Å². The molecule has 17 heavy (non-hydrogen) atoms. The van der Waals surface area contributed by atoms with E-state index in [0.717, 1.165) is 11.5 Å². The molecule has 0 radical (unpaired) electrons. The van der Waals surface area contributed by atoms with Crippen LogP contribution in [0.5, 0.6) is 0 Å². The molecule has 0 aliphatic heterocycles. The Morgan fingerprint density at radius 3 is 2.29 bits per heavy atom. The Balaban J connectivity index is 2.25. The molecule has 0 spiro atoms. The van der Waals surface area contributed by atoms with E-state index in [-0.39, 0.29) is 12.0 Å². The van der Waals surface area contributed by atoms with Gasteiger partial charge in [0.1, 0.15) is 5.82 Å². The summed E-state index contributed by atoms with van der Waals surface area (Å²) in [5.41, 5.74) is 1.04. The van der Waals surface area contributed by atoms with Crippen molar-refractivity contribution in [3.05, 3.63) is 54.4 Å². The predicted octanol–water partition coefficient (Wildman–Crippen LogP) is 1.94. The topological polar surface area (TPSA) is 50.7 Å². The molecule has 0 fully saturated rings. The molecule has 2 atom stereocenters. The van der Waals surface area contributed by atoms with Crippen LogP contribution in [0.2, 0.25) is 0 Å². The maximum atomic E-state index is 4.38. The quantitative estimate of drug-likeness (QED) is 0.868. The van der Waals surface area contributed by atoms with Gasteiger partial charge in [-0.05, 0) is 25.2 Å². The van der Waals surface area contributed by atoms with E-state index in [9.17, 15) is 0 Å². The highest BCUT2D eigenvalue weighted by molar-refractivity contribution is 5.14. The van der Waals surface area contributed by atoms with Gasteiger partial charge in [0.25, 0.3) is 0 Å². The lowest BCUT2D eigenvalue weighted by Gasteiger charge is -2.21. The fraction of sp³-hybridized carbons (Fsp3) is 0.308. The van der Waals surface area contributed by atoms with E-state index in [1.54, 1.807) is 12.4 Å². The fourth-order valence-electron chi connectivity index (χ4n) is 1.89. The van der Waals surface area contributed by atoms with Gasteiger partial charge >= 0.3 is 0 Å². The smallest absolute Gasteiger partial charge is 0.145 e. The summed E-state index contributed by atoms with van der Waals surface area (Å²) in [5, 5.41) is 3.25. The predicted molar refractivity (Wildman–Crippen MR) is 66.5 cm³/mol. The molecule has 4 nitrogen and oxygen atoms in total. The van der Waals surface area contributed by atoms with E-state index in [1.807, 2.05) is 37.5 Å². The Morgan fingerprint density at radius 2 is 1.71 bits per heavy atom. The van der Waals surface area contributed by atoms with Crippen molar-refractivity contribution >= 4 is 0 Å². The summed E-state index contributed by atoms with van der Waals surface area (Å²) in [6.07, 6.45) is 5.33. The Hall–Kier alpha value is -1.81. The highest BCUT2D eigenvalue weighted by atomic mass is 15.0. The Labute approximate surface area is 101 Å². The van der Waals surface area contributed by atoms with E-state index in [0.29, 0.717) is 0 Å². The Morgan fingerprint density at radius 1 is 1.00 bits per heavy atom. The second kappa shape index (κ2) is 5.50. The summed E-state index contributed by atoms with van der Waals surface area (Å²) in [6.45, 7) is 2.12. The van der Waals surface area contributed by atoms with Gasteiger partial charge in [0.2, 0.25) is 0 Å². The number of aromatic nitrogens is 3. The molecule has 0 amide bonds. The highest BCUT2D eigenvalue weighted by Gasteiger charge is 2.22. The molecule has 88 valence electrons. The zero-order chi connectivity index (χ0) is 12.1. The number of hydrogen-bond donors (Lipinski definition) is 1. The molecule has 2 heterocycles. The van der Waals surface area contributed by atoms with Crippen molar-refractivity contribution < 1.29 is 0 Å². The van der Waals surface area contributed by atoms with Crippen molar-refractivity contribution in [3.8, 4) is 0 Å². The molecule has 0 saturated carbocycles. The van der Waals surface area contributed by atoms with E-state index < -0.39 is 0 Å². The van der Waals surface area contributed by atoms with Crippen molar-refractivity contribution in [2.75, 3.05) is 7.05 Å². The van der Waals surface area contributed by atoms with Crippen molar-refractivity contribution in [3.63, 3.8) is 0 Å². The van der Waals surface area contributed by atoms with E-state index in [1.165, 1.54) is 0 Å². The van der Waals surface area contributed by atoms with Crippen molar-refractivity contribution in [1.29, 1.82) is 0 Å². The molecule has 4 heteroatoms. The maximum Gasteiger partial charge on any atom is 0.145 e. The number of nitrogens with zero attached hydrogens (tertiary/aromatic N) is 3. The van der Waals surface area contributed by atoms with Gasteiger partial charge in [-0.1, -0.05) is 13.0 Å². The van der Waals surface area contributed by atoms with E-state index in [4.69, 9.17) is 0 Å². The van der Waals surface area contributed by atoms with Crippen LogP contribution in [0, 0.1) is 0 Å². The first-order chi connectivity index (χ1) is 8.33. The summed E-state index contributed by atoms with van der Waals surface area (Å²) in [7, 11) is 1.92. The number of nitrogens with one attached hydrogen (secondary N) is 1. The van der Waals surface area contributed by atoms with Crippen LogP contribution in [-0.4, -0.2) is 22.0 Å². The third-order valence-electron chi connectivity index (χ3n) is 2.83. The number of rotatable bonds is 4. The summed E-state index contributed by atoms with van der Waals surface area (Å²) < 4.78 is 0. The molecule has 0 aliphatic carbocycles. The van der Waals surface area contributed by atoms with E-state index >= 15 is 0 Å². The van der Waals surface area contributed by atoms with Crippen LogP contribution >= 0.6 is 0 Å². The van der Waals surface area contributed by atoms with Crippen LogP contribution in [0.3, 0.4) is 0 Å². The van der Waals surface area contributed by atoms with Gasteiger partial charge in [0.05, 0.1) is 6.04 Å². The van der Waals surface area contributed by atoms with Gasteiger partial charge in [-0.2, -0.15) is 0 Å². The third kappa shape index (κ3) is 2.65. The van der Waals surface area contributed by atoms with Gasteiger partial charge in [0, 0.05) is 30.2 Å². The molecule has 0 aliphatic rings. The number of pyridine rings is 1. The van der Waals surface area contributed by atoms with Crippen LogP contribution in [0.15, 0.2) is 42.9 Å². The number of hydrogen-bond acceptors (Lipinski definition) is 4. The first kappa shape index (κ1) is 11.7. The molecule has 0 saturated heterocycles. The van der Waals surface area contributed by atoms with Crippen LogP contribution in [-0.2, 0) is 0 Å². The van der Waals surface area contributed by atoms with Crippen LogP contribution < -0.4 is 5.32 Å². The molecule has 2 rings (SSSR count). The van der Waals surface area contributed by atoms with Crippen molar-refractivity contribution in [2.45, 2.75) is 18.9 Å². The average molecular weight is 228 g/mol. The fourth-order valence-corrected chi connectivity index (χ4v) is 1.89.